The minimum atomic E-state index is -0.672. The molecule has 3 heterocycles. The monoisotopic (exact) mass is 270 g/mol. The van der Waals surface area contributed by atoms with Gasteiger partial charge in [-0.3, -0.25) is 0 Å². The molecule has 3 rings (SSSR count). The van der Waals surface area contributed by atoms with Crippen molar-refractivity contribution in [2.24, 2.45) is 7.05 Å². The lowest BCUT2D eigenvalue weighted by Crippen LogP contribution is -2.31. The van der Waals surface area contributed by atoms with E-state index in [0.717, 1.165) is 0 Å². The van der Waals surface area contributed by atoms with Crippen molar-refractivity contribution >= 4 is 5.82 Å². The molecule has 0 amide bonds. The van der Waals surface area contributed by atoms with Crippen LogP contribution in [0.15, 0.2) is 12.5 Å². The fourth-order valence-electron chi connectivity index (χ4n) is 2.81. The molecule has 7 heteroatoms. The first-order valence-electron chi connectivity index (χ1n) is 6.36. The number of anilines is 1. The van der Waals surface area contributed by atoms with E-state index >= 15 is 0 Å². The Morgan fingerprint density at radius 1 is 1.42 bits per heavy atom. The zero-order valence-electron chi connectivity index (χ0n) is 11.3. The summed E-state index contributed by atoms with van der Waals surface area (Å²) in [6.07, 6.45) is 2.30. The van der Waals surface area contributed by atoms with Gasteiger partial charge in [-0.2, -0.15) is 4.57 Å². The van der Waals surface area contributed by atoms with Crippen molar-refractivity contribution in [2.45, 2.75) is 44.2 Å². The predicted molar refractivity (Wildman–Crippen MR) is 64.8 cm³/mol. The van der Waals surface area contributed by atoms with Gasteiger partial charge in [-0.15, -0.1) is 0 Å². The Balaban J connectivity index is 1.93. The van der Waals surface area contributed by atoms with Crippen LogP contribution < -0.4 is 10.3 Å². The van der Waals surface area contributed by atoms with Gasteiger partial charge < -0.3 is 25.1 Å². The lowest BCUT2D eigenvalue weighted by Gasteiger charge is -2.22. The van der Waals surface area contributed by atoms with Gasteiger partial charge in [-0.25, -0.2) is 4.57 Å². The van der Waals surface area contributed by atoms with Gasteiger partial charge >= 0.3 is 0 Å². The number of nitrogen functional groups attached to an aromatic ring is 1. The molecule has 4 atom stereocenters. The van der Waals surface area contributed by atoms with Gasteiger partial charge in [0, 0.05) is 0 Å². The van der Waals surface area contributed by atoms with Gasteiger partial charge in [0.25, 0.3) is 0 Å². The lowest BCUT2D eigenvalue weighted by atomic mass is 10.1. The normalized spacial score (nSPS) is 36.6. The first-order chi connectivity index (χ1) is 8.91. The van der Waals surface area contributed by atoms with Crippen LogP contribution in [0.1, 0.15) is 20.1 Å². The zero-order valence-corrected chi connectivity index (χ0v) is 11.3. The van der Waals surface area contributed by atoms with Gasteiger partial charge in [0.2, 0.25) is 18.4 Å². The van der Waals surface area contributed by atoms with Crippen molar-refractivity contribution in [1.29, 1.82) is 0 Å². The van der Waals surface area contributed by atoms with Gasteiger partial charge in [0.15, 0.2) is 18.1 Å². The average molecular weight is 270 g/mol. The smallest absolute Gasteiger partial charge is 0.247 e. The third-order valence-electron chi connectivity index (χ3n) is 3.52. The second kappa shape index (κ2) is 4.17. The summed E-state index contributed by atoms with van der Waals surface area (Å²) in [5, 5.41) is 9.42. The zero-order chi connectivity index (χ0) is 13.8. The fraction of sp³-hybridized carbons (Fsp3) is 0.750. The summed E-state index contributed by atoms with van der Waals surface area (Å²) in [6.45, 7) is 3.61. The summed E-state index contributed by atoms with van der Waals surface area (Å²) in [5.41, 5.74) is 5.96. The van der Waals surface area contributed by atoms with E-state index in [1.54, 1.807) is 10.8 Å². The average Bonchev–Trinajstić information content (AvgIpc) is 2.89. The molecule has 0 unspecified atom stereocenters. The number of ether oxygens (including phenoxy) is 3. The van der Waals surface area contributed by atoms with Crippen LogP contribution in [0.5, 0.6) is 0 Å². The highest BCUT2D eigenvalue weighted by atomic mass is 16.8. The van der Waals surface area contributed by atoms with Crippen LogP contribution in [0.2, 0.25) is 0 Å². The van der Waals surface area contributed by atoms with Crippen molar-refractivity contribution in [3.05, 3.63) is 12.5 Å². The Kier molecular flexibility index (Phi) is 2.82. The SMILES string of the molecule is C[n+]1cc(N)n([C@@H]2O[C@H](CO)[C@H]3OC(C)(C)O[C@H]32)c1. The van der Waals surface area contributed by atoms with Crippen LogP contribution in [0.4, 0.5) is 5.82 Å². The number of hydrogen-bond donors (Lipinski definition) is 2. The maximum atomic E-state index is 9.42. The van der Waals surface area contributed by atoms with Gasteiger partial charge in [-0.05, 0) is 13.8 Å². The summed E-state index contributed by atoms with van der Waals surface area (Å²) < 4.78 is 21.2. The van der Waals surface area contributed by atoms with Crippen molar-refractivity contribution in [3.8, 4) is 0 Å². The number of fused-ring (bicyclic) bond motifs is 1. The molecule has 2 aliphatic rings. The maximum Gasteiger partial charge on any atom is 0.247 e. The Hall–Kier alpha value is -1.15. The molecule has 0 saturated carbocycles. The van der Waals surface area contributed by atoms with E-state index in [1.165, 1.54) is 0 Å². The van der Waals surface area contributed by atoms with Gasteiger partial charge in [0.05, 0.1) is 13.7 Å². The number of hydrogen-bond acceptors (Lipinski definition) is 5. The van der Waals surface area contributed by atoms with Gasteiger partial charge in [-0.1, -0.05) is 0 Å². The molecule has 1 aromatic heterocycles. The lowest BCUT2D eigenvalue weighted by molar-refractivity contribution is -0.671. The van der Waals surface area contributed by atoms with Crippen molar-refractivity contribution < 1.29 is 23.9 Å². The van der Waals surface area contributed by atoms with E-state index < -0.39 is 11.9 Å². The molecule has 0 aromatic carbocycles. The molecule has 0 spiro atoms. The van der Waals surface area contributed by atoms with E-state index in [1.807, 2.05) is 31.8 Å². The molecule has 0 bridgehead atoms. The summed E-state index contributed by atoms with van der Waals surface area (Å²) in [7, 11) is 1.89. The third kappa shape index (κ3) is 2.02. The highest BCUT2D eigenvalue weighted by Crippen LogP contribution is 2.43. The number of nitrogens with zero attached hydrogens (tertiary/aromatic N) is 2. The van der Waals surface area contributed by atoms with E-state index in [9.17, 15) is 5.11 Å². The minimum Gasteiger partial charge on any atom is -0.394 e. The van der Waals surface area contributed by atoms with Gasteiger partial charge in [0.1, 0.15) is 12.2 Å². The molecule has 7 nitrogen and oxygen atoms in total. The molecule has 0 radical (unpaired) electrons. The molecular weight excluding hydrogens is 250 g/mol. The third-order valence-corrected chi connectivity index (χ3v) is 3.52. The molecule has 2 fully saturated rings. The van der Waals surface area contributed by atoms with Crippen LogP contribution in [-0.4, -0.2) is 40.4 Å². The van der Waals surface area contributed by atoms with E-state index in [4.69, 9.17) is 19.9 Å². The van der Waals surface area contributed by atoms with Crippen molar-refractivity contribution in [2.75, 3.05) is 12.3 Å². The molecule has 2 aliphatic heterocycles. The maximum absolute atomic E-state index is 9.42. The van der Waals surface area contributed by atoms with E-state index in [0.29, 0.717) is 5.82 Å². The van der Waals surface area contributed by atoms with Crippen LogP contribution in [0.3, 0.4) is 0 Å². The largest absolute Gasteiger partial charge is 0.394 e. The standard InChI is InChI=1S/C12H20N3O4/c1-12(2)18-9-7(5-16)17-11(10(9)19-12)15-6-14(3)4-8(15)13/h4,6-7,9-11,16H,5,13H2,1-3H3/q+1/t7-,9-,10-,11-/m1/s1. The van der Waals surface area contributed by atoms with E-state index in [2.05, 4.69) is 0 Å². The molecule has 1 aromatic rings. The quantitative estimate of drug-likeness (QED) is 0.695. The summed E-state index contributed by atoms with van der Waals surface area (Å²) in [6, 6.07) is 0. The first-order valence-corrected chi connectivity index (χ1v) is 6.36. The first kappa shape index (κ1) is 12.9. The second-order valence-electron chi connectivity index (χ2n) is 5.55. The minimum absolute atomic E-state index is 0.107. The number of imidazole rings is 1. The Labute approximate surface area is 111 Å². The summed E-state index contributed by atoms with van der Waals surface area (Å²) in [4.78, 5) is 0. The highest BCUT2D eigenvalue weighted by Gasteiger charge is 2.57. The number of aliphatic hydroxyl groups excluding tert-OH is 1. The van der Waals surface area contributed by atoms with Crippen LogP contribution in [0.25, 0.3) is 0 Å². The topological polar surface area (TPSA) is 82.8 Å². The number of aryl methyl sites for hydroxylation is 1. The Morgan fingerprint density at radius 2 is 2.11 bits per heavy atom. The number of rotatable bonds is 2. The van der Waals surface area contributed by atoms with Crippen molar-refractivity contribution in [1.82, 2.24) is 4.57 Å². The van der Waals surface area contributed by atoms with E-state index in [-0.39, 0.29) is 25.0 Å². The number of aliphatic hydroxyl groups is 1. The number of aromatic nitrogens is 2. The summed E-state index contributed by atoms with van der Waals surface area (Å²) >= 11 is 0. The van der Waals surface area contributed by atoms with Crippen LogP contribution >= 0.6 is 0 Å². The molecule has 19 heavy (non-hydrogen) atoms. The molecule has 0 aliphatic carbocycles. The molecule has 106 valence electrons. The van der Waals surface area contributed by atoms with Crippen LogP contribution in [0, 0.1) is 0 Å². The van der Waals surface area contributed by atoms with Crippen LogP contribution in [-0.2, 0) is 21.3 Å². The Morgan fingerprint density at radius 3 is 2.68 bits per heavy atom. The molecular formula is C12H20N3O4+. The fourth-order valence-corrected chi connectivity index (χ4v) is 2.81. The predicted octanol–water partition coefficient (Wildman–Crippen LogP) is -0.695. The molecule has 2 saturated heterocycles. The summed E-state index contributed by atoms with van der Waals surface area (Å²) in [5.74, 6) is -0.0901. The Bertz CT molecular complexity index is 487. The van der Waals surface area contributed by atoms with Crippen molar-refractivity contribution in [3.63, 3.8) is 0 Å². The highest BCUT2D eigenvalue weighted by molar-refractivity contribution is 5.23. The number of nitrogens with two attached hydrogens (primary N) is 1. The second-order valence-corrected chi connectivity index (χ2v) is 5.55. The molecule has 3 N–H and O–H groups in total.